The molecule has 124 valence electrons. The Morgan fingerprint density at radius 3 is 2.74 bits per heavy atom. The van der Waals surface area contributed by atoms with E-state index in [2.05, 4.69) is 5.32 Å². The SMILES string of the molecule is CC(CN(C)C(=O)c1cc(N2CCNC2=O)ccc1F)C(=O)O. The second kappa shape index (κ2) is 6.64. The molecule has 8 heteroatoms. The van der Waals surface area contributed by atoms with Crippen molar-refractivity contribution in [2.24, 2.45) is 5.92 Å². The molecule has 1 unspecified atom stereocenters. The first kappa shape index (κ1) is 16.7. The second-order valence-electron chi connectivity index (χ2n) is 5.47. The Balaban J connectivity index is 2.22. The monoisotopic (exact) mass is 323 g/mol. The molecular formula is C15H18FN3O4. The third kappa shape index (κ3) is 3.58. The van der Waals surface area contributed by atoms with Gasteiger partial charge in [0.15, 0.2) is 0 Å². The highest BCUT2D eigenvalue weighted by atomic mass is 19.1. The molecule has 1 aromatic rings. The lowest BCUT2D eigenvalue weighted by atomic mass is 10.1. The van der Waals surface area contributed by atoms with E-state index in [0.717, 1.165) is 11.0 Å². The van der Waals surface area contributed by atoms with Gasteiger partial charge in [0, 0.05) is 32.4 Å². The summed E-state index contributed by atoms with van der Waals surface area (Å²) in [5.41, 5.74) is 0.228. The molecule has 1 atom stereocenters. The Bertz CT molecular complexity index is 650. The number of nitrogens with one attached hydrogen (secondary N) is 1. The standard InChI is InChI=1S/C15H18FN3O4/c1-9(14(21)22)8-18(2)13(20)11-7-10(3-4-12(11)16)19-6-5-17-15(19)23/h3-4,7,9H,5-6,8H2,1-2H3,(H,17,23)(H,21,22). The van der Waals surface area contributed by atoms with Crippen molar-refractivity contribution in [3.63, 3.8) is 0 Å². The molecule has 0 saturated carbocycles. The zero-order chi connectivity index (χ0) is 17.1. The van der Waals surface area contributed by atoms with Gasteiger partial charge in [-0.05, 0) is 18.2 Å². The maximum Gasteiger partial charge on any atom is 0.321 e. The lowest BCUT2D eigenvalue weighted by molar-refractivity contribution is -0.141. The predicted molar refractivity (Wildman–Crippen MR) is 80.9 cm³/mol. The van der Waals surface area contributed by atoms with Gasteiger partial charge in [0.2, 0.25) is 0 Å². The average molecular weight is 323 g/mol. The lowest BCUT2D eigenvalue weighted by Crippen LogP contribution is -2.34. The Labute approximate surface area is 132 Å². The van der Waals surface area contributed by atoms with Crippen molar-refractivity contribution in [1.82, 2.24) is 10.2 Å². The second-order valence-corrected chi connectivity index (χ2v) is 5.47. The molecule has 7 nitrogen and oxygen atoms in total. The van der Waals surface area contributed by atoms with Crippen LogP contribution in [0.3, 0.4) is 0 Å². The number of benzene rings is 1. The van der Waals surface area contributed by atoms with E-state index in [1.807, 2.05) is 0 Å². The van der Waals surface area contributed by atoms with Gasteiger partial charge in [-0.2, -0.15) is 0 Å². The van der Waals surface area contributed by atoms with Crippen molar-refractivity contribution in [2.75, 3.05) is 31.6 Å². The average Bonchev–Trinajstić information content (AvgIpc) is 2.93. The number of amides is 3. The van der Waals surface area contributed by atoms with Crippen LogP contribution < -0.4 is 10.2 Å². The lowest BCUT2D eigenvalue weighted by Gasteiger charge is -2.21. The highest BCUT2D eigenvalue weighted by Crippen LogP contribution is 2.21. The van der Waals surface area contributed by atoms with Gasteiger partial charge in [0.05, 0.1) is 11.5 Å². The number of hydrogen-bond donors (Lipinski definition) is 2. The van der Waals surface area contributed by atoms with Gasteiger partial charge in [0.25, 0.3) is 5.91 Å². The summed E-state index contributed by atoms with van der Waals surface area (Å²) in [6.07, 6.45) is 0. The molecule has 2 rings (SSSR count). The normalized spacial score (nSPS) is 15.3. The van der Waals surface area contributed by atoms with E-state index in [-0.39, 0.29) is 18.1 Å². The molecule has 0 aliphatic carbocycles. The quantitative estimate of drug-likeness (QED) is 0.850. The summed E-state index contributed by atoms with van der Waals surface area (Å²) in [4.78, 5) is 37.4. The van der Waals surface area contributed by atoms with Crippen LogP contribution in [-0.4, -0.2) is 54.6 Å². The van der Waals surface area contributed by atoms with E-state index >= 15 is 0 Å². The Morgan fingerprint density at radius 1 is 1.48 bits per heavy atom. The molecule has 1 aliphatic rings. The fraction of sp³-hybridized carbons (Fsp3) is 0.400. The molecule has 1 aromatic carbocycles. The van der Waals surface area contributed by atoms with Crippen molar-refractivity contribution in [1.29, 1.82) is 0 Å². The number of rotatable bonds is 5. The number of carbonyl (C=O) groups excluding carboxylic acids is 2. The minimum atomic E-state index is -1.03. The summed E-state index contributed by atoms with van der Waals surface area (Å²) in [5.74, 6) is -3.14. The molecular weight excluding hydrogens is 305 g/mol. The molecule has 0 aromatic heterocycles. The zero-order valence-electron chi connectivity index (χ0n) is 12.9. The summed E-state index contributed by atoms with van der Waals surface area (Å²) in [5, 5.41) is 11.5. The third-order valence-corrected chi connectivity index (χ3v) is 3.66. The fourth-order valence-corrected chi connectivity index (χ4v) is 2.34. The minimum absolute atomic E-state index is 0.0396. The predicted octanol–water partition coefficient (Wildman–Crippen LogP) is 1.15. The smallest absolute Gasteiger partial charge is 0.321 e. The van der Waals surface area contributed by atoms with Gasteiger partial charge < -0.3 is 15.3 Å². The van der Waals surface area contributed by atoms with E-state index in [0.29, 0.717) is 18.8 Å². The first-order chi connectivity index (χ1) is 10.8. The highest BCUT2D eigenvalue weighted by Gasteiger charge is 2.25. The van der Waals surface area contributed by atoms with Gasteiger partial charge in [0.1, 0.15) is 5.82 Å². The summed E-state index contributed by atoms with van der Waals surface area (Å²) in [6, 6.07) is 3.56. The number of carbonyl (C=O) groups is 3. The molecule has 0 bridgehead atoms. The summed E-state index contributed by atoms with van der Waals surface area (Å²) in [7, 11) is 1.41. The van der Waals surface area contributed by atoms with Crippen molar-refractivity contribution >= 4 is 23.6 Å². The van der Waals surface area contributed by atoms with Crippen LogP contribution in [0.2, 0.25) is 0 Å². The van der Waals surface area contributed by atoms with Crippen molar-refractivity contribution in [3.05, 3.63) is 29.6 Å². The Kier molecular flexibility index (Phi) is 4.83. The van der Waals surface area contributed by atoms with E-state index in [1.165, 1.54) is 31.0 Å². The number of hydrogen-bond acceptors (Lipinski definition) is 3. The summed E-state index contributed by atoms with van der Waals surface area (Å²) >= 11 is 0. The van der Waals surface area contributed by atoms with Crippen LogP contribution in [0, 0.1) is 11.7 Å². The first-order valence-electron chi connectivity index (χ1n) is 7.14. The Hall–Kier alpha value is -2.64. The van der Waals surface area contributed by atoms with Crippen molar-refractivity contribution < 1.29 is 23.9 Å². The molecule has 1 saturated heterocycles. The van der Waals surface area contributed by atoms with E-state index in [9.17, 15) is 18.8 Å². The molecule has 2 N–H and O–H groups in total. The number of aliphatic carboxylic acids is 1. The van der Waals surface area contributed by atoms with Gasteiger partial charge in [-0.1, -0.05) is 6.92 Å². The number of carboxylic acid groups (broad SMARTS) is 1. The molecule has 1 aliphatic heterocycles. The maximum atomic E-state index is 14.0. The van der Waals surface area contributed by atoms with Crippen LogP contribution in [0.4, 0.5) is 14.9 Å². The van der Waals surface area contributed by atoms with Crippen LogP contribution in [0.1, 0.15) is 17.3 Å². The number of anilines is 1. The fourth-order valence-electron chi connectivity index (χ4n) is 2.34. The summed E-state index contributed by atoms with van der Waals surface area (Å²) < 4.78 is 14.0. The number of halogens is 1. The minimum Gasteiger partial charge on any atom is -0.481 e. The van der Waals surface area contributed by atoms with Crippen LogP contribution in [0.15, 0.2) is 18.2 Å². The van der Waals surface area contributed by atoms with Crippen LogP contribution in [0.25, 0.3) is 0 Å². The molecule has 3 amide bonds. The molecule has 1 fully saturated rings. The van der Waals surface area contributed by atoms with Crippen LogP contribution in [0.5, 0.6) is 0 Å². The number of nitrogens with zero attached hydrogens (tertiary/aromatic N) is 2. The molecule has 0 spiro atoms. The Morgan fingerprint density at radius 2 is 2.17 bits per heavy atom. The van der Waals surface area contributed by atoms with Crippen LogP contribution >= 0.6 is 0 Å². The van der Waals surface area contributed by atoms with Gasteiger partial charge in [-0.3, -0.25) is 14.5 Å². The third-order valence-electron chi connectivity index (χ3n) is 3.66. The molecule has 1 heterocycles. The van der Waals surface area contributed by atoms with Gasteiger partial charge in [-0.25, -0.2) is 9.18 Å². The topological polar surface area (TPSA) is 90.0 Å². The first-order valence-corrected chi connectivity index (χ1v) is 7.14. The largest absolute Gasteiger partial charge is 0.481 e. The van der Waals surface area contributed by atoms with Crippen LogP contribution in [-0.2, 0) is 4.79 Å². The molecule has 0 radical (unpaired) electrons. The summed E-state index contributed by atoms with van der Waals surface area (Å²) in [6.45, 7) is 2.34. The van der Waals surface area contributed by atoms with E-state index < -0.39 is 23.6 Å². The highest BCUT2D eigenvalue weighted by molar-refractivity contribution is 5.98. The number of carboxylic acids is 1. The zero-order valence-corrected chi connectivity index (χ0v) is 12.9. The van der Waals surface area contributed by atoms with Crippen molar-refractivity contribution in [2.45, 2.75) is 6.92 Å². The molecule has 23 heavy (non-hydrogen) atoms. The van der Waals surface area contributed by atoms with Gasteiger partial charge >= 0.3 is 12.0 Å². The maximum absolute atomic E-state index is 14.0. The van der Waals surface area contributed by atoms with E-state index in [1.54, 1.807) is 0 Å². The van der Waals surface area contributed by atoms with Gasteiger partial charge in [-0.15, -0.1) is 0 Å². The van der Waals surface area contributed by atoms with E-state index in [4.69, 9.17) is 5.11 Å². The van der Waals surface area contributed by atoms with Crippen molar-refractivity contribution in [3.8, 4) is 0 Å². The number of urea groups is 1.